The van der Waals surface area contributed by atoms with Crippen molar-refractivity contribution < 1.29 is 17.9 Å². The number of nitrogens with zero attached hydrogens (tertiary/aromatic N) is 1. The van der Waals surface area contributed by atoms with E-state index in [0.717, 1.165) is 17.4 Å². The number of halogens is 1. The van der Waals surface area contributed by atoms with Crippen LogP contribution in [0.2, 0.25) is 5.02 Å². The highest BCUT2D eigenvalue weighted by molar-refractivity contribution is 7.92. The second kappa shape index (κ2) is 10.1. The van der Waals surface area contributed by atoms with E-state index in [1.165, 1.54) is 4.31 Å². The Morgan fingerprint density at radius 2 is 1.66 bits per heavy atom. The van der Waals surface area contributed by atoms with Crippen molar-refractivity contribution in [3.05, 3.63) is 94.5 Å². The molecule has 0 aliphatic carbocycles. The molecule has 0 fully saturated rings. The quantitative estimate of drug-likeness (QED) is 0.510. The van der Waals surface area contributed by atoms with Gasteiger partial charge in [0, 0.05) is 16.1 Å². The number of hydrogen-bond donors (Lipinski definition) is 1. The van der Waals surface area contributed by atoms with Crippen molar-refractivity contribution in [2.75, 3.05) is 17.7 Å². The second-order valence-corrected chi connectivity index (χ2v) is 9.72. The van der Waals surface area contributed by atoms with Gasteiger partial charge in [-0.15, -0.1) is 0 Å². The number of methoxy groups -OCH3 is 1. The van der Waals surface area contributed by atoms with Crippen LogP contribution in [-0.4, -0.2) is 27.7 Å². The van der Waals surface area contributed by atoms with E-state index >= 15 is 0 Å². The number of nitrogens with one attached hydrogen (secondary N) is 1. The van der Waals surface area contributed by atoms with Gasteiger partial charge in [0.25, 0.3) is 5.91 Å². The van der Waals surface area contributed by atoms with E-state index in [1.807, 2.05) is 31.2 Å². The van der Waals surface area contributed by atoms with Gasteiger partial charge in [-0.3, -0.25) is 9.10 Å². The number of amides is 1. The number of anilines is 1. The Morgan fingerprint density at radius 3 is 2.25 bits per heavy atom. The summed E-state index contributed by atoms with van der Waals surface area (Å²) in [5.41, 5.74) is 2.56. The normalized spacial score (nSPS) is 12.1. The van der Waals surface area contributed by atoms with Crippen molar-refractivity contribution in [1.82, 2.24) is 5.32 Å². The minimum atomic E-state index is -3.54. The lowest BCUT2D eigenvalue weighted by Gasteiger charge is -2.23. The van der Waals surface area contributed by atoms with Crippen LogP contribution in [0.25, 0.3) is 0 Å². The number of sulfonamides is 1. The summed E-state index contributed by atoms with van der Waals surface area (Å²) in [4.78, 5) is 12.7. The molecule has 3 aromatic rings. The van der Waals surface area contributed by atoms with Crippen molar-refractivity contribution >= 4 is 33.2 Å². The monoisotopic (exact) mass is 472 g/mol. The SMILES string of the molecule is COc1ccccc1[C@H](C)NC(=O)c1ccc(N(Cc2ccc(Cl)cc2)S(C)(=O)=O)cc1. The van der Waals surface area contributed by atoms with Crippen molar-refractivity contribution in [2.24, 2.45) is 0 Å². The van der Waals surface area contributed by atoms with E-state index in [9.17, 15) is 13.2 Å². The molecule has 1 N–H and O–H groups in total. The number of benzene rings is 3. The van der Waals surface area contributed by atoms with Crippen LogP contribution in [0.3, 0.4) is 0 Å². The maximum Gasteiger partial charge on any atom is 0.251 e. The summed E-state index contributed by atoms with van der Waals surface area (Å²) in [6.07, 6.45) is 1.15. The number of carbonyl (C=O) groups excluding carboxylic acids is 1. The molecule has 3 aromatic carbocycles. The number of carbonyl (C=O) groups is 1. The molecule has 1 atom stereocenters. The number of para-hydroxylation sites is 1. The average Bonchev–Trinajstić information content (AvgIpc) is 2.78. The van der Waals surface area contributed by atoms with Crippen LogP contribution in [0, 0.1) is 0 Å². The maximum atomic E-state index is 12.7. The lowest BCUT2D eigenvalue weighted by Crippen LogP contribution is -2.29. The van der Waals surface area contributed by atoms with Gasteiger partial charge in [0.1, 0.15) is 5.75 Å². The molecular weight excluding hydrogens is 448 g/mol. The van der Waals surface area contributed by atoms with Gasteiger partial charge in [-0.1, -0.05) is 41.9 Å². The zero-order chi connectivity index (χ0) is 23.3. The lowest BCUT2D eigenvalue weighted by atomic mass is 10.1. The molecule has 0 aliphatic heterocycles. The third-order valence-corrected chi connectivity index (χ3v) is 6.40. The average molecular weight is 473 g/mol. The highest BCUT2D eigenvalue weighted by Crippen LogP contribution is 2.25. The Balaban J connectivity index is 1.77. The third-order valence-electron chi connectivity index (χ3n) is 5.01. The predicted molar refractivity (Wildman–Crippen MR) is 128 cm³/mol. The summed E-state index contributed by atoms with van der Waals surface area (Å²) < 4.78 is 31.4. The fourth-order valence-electron chi connectivity index (χ4n) is 3.32. The van der Waals surface area contributed by atoms with Crippen molar-refractivity contribution in [3.63, 3.8) is 0 Å². The van der Waals surface area contributed by atoms with Gasteiger partial charge >= 0.3 is 0 Å². The first-order valence-electron chi connectivity index (χ1n) is 9.95. The highest BCUT2D eigenvalue weighted by Gasteiger charge is 2.19. The van der Waals surface area contributed by atoms with E-state index in [-0.39, 0.29) is 18.5 Å². The number of ether oxygens (including phenoxy) is 1. The molecule has 0 saturated heterocycles. The van der Waals surface area contributed by atoms with Gasteiger partial charge in [-0.05, 0) is 55.0 Å². The summed E-state index contributed by atoms with van der Waals surface area (Å²) in [6.45, 7) is 2.04. The van der Waals surface area contributed by atoms with Crippen molar-refractivity contribution in [2.45, 2.75) is 19.5 Å². The molecule has 32 heavy (non-hydrogen) atoms. The fraction of sp³-hybridized carbons (Fsp3) is 0.208. The van der Waals surface area contributed by atoms with Crippen LogP contribution in [0.5, 0.6) is 5.75 Å². The van der Waals surface area contributed by atoms with Crippen LogP contribution >= 0.6 is 11.6 Å². The summed E-state index contributed by atoms with van der Waals surface area (Å²) in [7, 11) is -1.95. The van der Waals surface area contributed by atoms with Crippen LogP contribution < -0.4 is 14.4 Å². The standard InChI is InChI=1S/C24H25ClN2O4S/c1-17(22-6-4-5-7-23(22)31-2)26-24(28)19-10-14-21(15-11-19)27(32(3,29)30)16-18-8-12-20(25)13-9-18/h4-15,17H,16H2,1-3H3,(H,26,28)/t17-/m0/s1. The van der Waals surface area contributed by atoms with E-state index in [0.29, 0.717) is 22.0 Å². The molecule has 168 valence electrons. The summed E-state index contributed by atoms with van der Waals surface area (Å²) in [5.74, 6) is 0.431. The van der Waals surface area contributed by atoms with Crippen LogP contribution in [0.1, 0.15) is 34.5 Å². The van der Waals surface area contributed by atoms with Crippen LogP contribution in [0.4, 0.5) is 5.69 Å². The van der Waals surface area contributed by atoms with E-state index in [1.54, 1.807) is 55.6 Å². The second-order valence-electron chi connectivity index (χ2n) is 7.38. The first kappa shape index (κ1) is 23.6. The first-order chi connectivity index (χ1) is 15.2. The zero-order valence-corrected chi connectivity index (χ0v) is 19.7. The van der Waals surface area contributed by atoms with Gasteiger partial charge < -0.3 is 10.1 Å². The maximum absolute atomic E-state index is 12.7. The highest BCUT2D eigenvalue weighted by atomic mass is 35.5. The van der Waals surface area contributed by atoms with Crippen LogP contribution in [0.15, 0.2) is 72.8 Å². The Morgan fingerprint density at radius 1 is 1.03 bits per heavy atom. The zero-order valence-electron chi connectivity index (χ0n) is 18.1. The first-order valence-corrected chi connectivity index (χ1v) is 12.2. The lowest BCUT2D eigenvalue weighted by molar-refractivity contribution is 0.0939. The van der Waals surface area contributed by atoms with Gasteiger partial charge in [-0.25, -0.2) is 8.42 Å². The summed E-state index contributed by atoms with van der Waals surface area (Å²) >= 11 is 5.92. The van der Waals surface area contributed by atoms with Gasteiger partial charge in [0.05, 0.1) is 31.6 Å². The van der Waals surface area contributed by atoms with E-state index < -0.39 is 10.0 Å². The molecule has 0 saturated carbocycles. The molecule has 0 radical (unpaired) electrons. The molecule has 1 amide bonds. The fourth-order valence-corrected chi connectivity index (χ4v) is 4.33. The van der Waals surface area contributed by atoms with E-state index in [4.69, 9.17) is 16.3 Å². The molecule has 0 bridgehead atoms. The molecule has 0 spiro atoms. The van der Waals surface area contributed by atoms with Gasteiger partial charge in [0.15, 0.2) is 0 Å². The van der Waals surface area contributed by atoms with Gasteiger partial charge in [-0.2, -0.15) is 0 Å². The number of hydrogen-bond acceptors (Lipinski definition) is 4. The molecule has 0 aromatic heterocycles. The molecule has 6 nitrogen and oxygen atoms in total. The minimum Gasteiger partial charge on any atom is -0.496 e. The molecule has 0 unspecified atom stereocenters. The topological polar surface area (TPSA) is 75.7 Å². The van der Waals surface area contributed by atoms with Crippen LogP contribution in [-0.2, 0) is 16.6 Å². The Kier molecular flexibility index (Phi) is 7.43. The summed E-state index contributed by atoms with van der Waals surface area (Å²) in [6, 6.07) is 20.7. The van der Waals surface area contributed by atoms with Gasteiger partial charge in [0.2, 0.25) is 10.0 Å². The number of rotatable bonds is 8. The molecule has 3 rings (SSSR count). The molecule has 8 heteroatoms. The Bertz CT molecular complexity index is 1180. The molecule has 0 heterocycles. The smallest absolute Gasteiger partial charge is 0.251 e. The molecular formula is C24H25ClN2O4S. The minimum absolute atomic E-state index is 0.159. The van der Waals surface area contributed by atoms with E-state index in [2.05, 4.69) is 5.32 Å². The third kappa shape index (κ3) is 5.81. The Labute approximate surface area is 193 Å². The summed E-state index contributed by atoms with van der Waals surface area (Å²) in [5, 5.41) is 3.53. The predicted octanol–water partition coefficient (Wildman–Crippen LogP) is 4.81. The van der Waals surface area contributed by atoms with Crippen molar-refractivity contribution in [1.29, 1.82) is 0 Å². The Hall–Kier alpha value is -3.03. The largest absolute Gasteiger partial charge is 0.496 e. The molecule has 0 aliphatic rings. The van der Waals surface area contributed by atoms with Crippen molar-refractivity contribution in [3.8, 4) is 5.75 Å².